The number of carbonyl (C=O) groups excluding carboxylic acids is 1. The molecule has 1 fully saturated rings. The summed E-state index contributed by atoms with van der Waals surface area (Å²) in [7, 11) is 0. The van der Waals surface area contributed by atoms with Gasteiger partial charge in [0.1, 0.15) is 0 Å². The van der Waals surface area contributed by atoms with Gasteiger partial charge in [0.2, 0.25) is 0 Å². The molecular weight excluding hydrogens is 200 g/mol. The van der Waals surface area contributed by atoms with Gasteiger partial charge in [0, 0.05) is 6.04 Å². The summed E-state index contributed by atoms with van der Waals surface area (Å²) in [6.45, 7) is 0. The minimum absolute atomic E-state index is 0.247. The third-order valence-electron chi connectivity index (χ3n) is 3.29. The van der Waals surface area contributed by atoms with E-state index in [1.165, 1.54) is 12.0 Å². The Bertz CT molecular complexity index is 350. The number of amides is 2. The number of benzene rings is 1. The maximum atomic E-state index is 10.8. The molecule has 2 rings (SSSR count). The van der Waals surface area contributed by atoms with E-state index in [4.69, 9.17) is 5.73 Å². The summed E-state index contributed by atoms with van der Waals surface area (Å²) in [5.74, 6) is 0.562. The highest BCUT2D eigenvalue weighted by molar-refractivity contribution is 5.71. The van der Waals surface area contributed by atoms with E-state index in [9.17, 15) is 4.79 Å². The van der Waals surface area contributed by atoms with Crippen LogP contribution in [0.1, 0.15) is 37.2 Å². The van der Waals surface area contributed by atoms with E-state index in [1.54, 1.807) is 0 Å². The second-order valence-corrected chi connectivity index (χ2v) is 4.48. The summed E-state index contributed by atoms with van der Waals surface area (Å²) in [6, 6.07) is 10.3. The molecule has 1 saturated carbocycles. The van der Waals surface area contributed by atoms with Crippen LogP contribution in [-0.4, -0.2) is 12.1 Å². The number of carbonyl (C=O) groups is 1. The van der Waals surface area contributed by atoms with Gasteiger partial charge in [-0.2, -0.15) is 0 Å². The molecule has 1 aromatic rings. The highest BCUT2D eigenvalue weighted by Gasteiger charge is 2.23. The van der Waals surface area contributed by atoms with Crippen LogP contribution >= 0.6 is 0 Å². The second kappa shape index (κ2) is 5.01. The molecule has 1 aromatic carbocycles. The molecule has 1 aliphatic rings. The van der Waals surface area contributed by atoms with Gasteiger partial charge in [0.05, 0.1) is 0 Å². The van der Waals surface area contributed by atoms with E-state index in [1.807, 2.05) is 6.07 Å². The second-order valence-electron chi connectivity index (χ2n) is 4.48. The molecule has 16 heavy (non-hydrogen) atoms. The lowest BCUT2D eigenvalue weighted by molar-refractivity contribution is 0.239. The first-order valence-electron chi connectivity index (χ1n) is 5.86. The number of hydrogen-bond acceptors (Lipinski definition) is 1. The van der Waals surface area contributed by atoms with Crippen molar-refractivity contribution in [1.82, 2.24) is 5.32 Å². The van der Waals surface area contributed by atoms with E-state index >= 15 is 0 Å². The number of nitrogens with one attached hydrogen (secondary N) is 1. The predicted molar refractivity (Wildman–Crippen MR) is 64.2 cm³/mol. The Balaban J connectivity index is 1.99. The monoisotopic (exact) mass is 218 g/mol. The third-order valence-corrected chi connectivity index (χ3v) is 3.29. The average molecular weight is 218 g/mol. The summed E-state index contributed by atoms with van der Waals surface area (Å²) in [6.07, 6.45) is 4.42. The zero-order valence-electron chi connectivity index (χ0n) is 9.36. The highest BCUT2D eigenvalue weighted by Crippen LogP contribution is 2.32. The lowest BCUT2D eigenvalue weighted by Crippen LogP contribution is -2.40. The largest absolute Gasteiger partial charge is 0.352 e. The van der Waals surface area contributed by atoms with Gasteiger partial charge in [-0.25, -0.2) is 4.79 Å². The topological polar surface area (TPSA) is 55.1 Å². The average Bonchev–Trinajstić information content (AvgIpc) is 2.30. The van der Waals surface area contributed by atoms with Gasteiger partial charge in [0.15, 0.2) is 0 Å². The maximum Gasteiger partial charge on any atom is 0.312 e. The lowest BCUT2D eigenvalue weighted by atomic mass is 9.81. The van der Waals surface area contributed by atoms with Crippen LogP contribution in [0.25, 0.3) is 0 Å². The molecule has 3 nitrogen and oxygen atoms in total. The van der Waals surface area contributed by atoms with Gasteiger partial charge >= 0.3 is 6.03 Å². The number of rotatable bonds is 2. The summed E-state index contributed by atoms with van der Waals surface area (Å²) in [5.41, 5.74) is 6.53. The van der Waals surface area contributed by atoms with Crippen LogP contribution in [0.4, 0.5) is 4.79 Å². The zero-order valence-corrected chi connectivity index (χ0v) is 9.36. The van der Waals surface area contributed by atoms with E-state index in [2.05, 4.69) is 29.6 Å². The minimum Gasteiger partial charge on any atom is -0.352 e. The Morgan fingerprint density at radius 3 is 2.69 bits per heavy atom. The normalized spacial score (nSPS) is 25.0. The van der Waals surface area contributed by atoms with E-state index < -0.39 is 6.03 Å². The highest BCUT2D eigenvalue weighted by atomic mass is 16.2. The van der Waals surface area contributed by atoms with Crippen molar-refractivity contribution < 1.29 is 4.79 Å². The van der Waals surface area contributed by atoms with Crippen LogP contribution < -0.4 is 11.1 Å². The Hall–Kier alpha value is -1.51. The zero-order chi connectivity index (χ0) is 11.4. The number of nitrogens with two attached hydrogens (primary N) is 1. The fourth-order valence-corrected chi connectivity index (χ4v) is 2.55. The summed E-state index contributed by atoms with van der Waals surface area (Å²) < 4.78 is 0. The van der Waals surface area contributed by atoms with Gasteiger partial charge < -0.3 is 11.1 Å². The number of primary amides is 1. The first kappa shape index (κ1) is 11.0. The smallest absolute Gasteiger partial charge is 0.312 e. The van der Waals surface area contributed by atoms with E-state index in [0.717, 1.165) is 19.3 Å². The van der Waals surface area contributed by atoms with Crippen molar-refractivity contribution >= 4 is 6.03 Å². The Morgan fingerprint density at radius 1 is 1.25 bits per heavy atom. The molecule has 0 spiro atoms. The predicted octanol–water partition coefficient (Wildman–Crippen LogP) is 2.38. The molecule has 0 aromatic heterocycles. The van der Waals surface area contributed by atoms with Gasteiger partial charge in [-0.3, -0.25) is 0 Å². The molecular formula is C13H18N2O. The van der Waals surface area contributed by atoms with Crippen molar-refractivity contribution in [2.45, 2.75) is 37.6 Å². The first-order chi connectivity index (χ1) is 7.75. The van der Waals surface area contributed by atoms with E-state index in [-0.39, 0.29) is 6.04 Å². The number of hydrogen-bond donors (Lipinski definition) is 2. The molecule has 2 atom stereocenters. The van der Waals surface area contributed by atoms with Crippen LogP contribution in [0.3, 0.4) is 0 Å². The van der Waals surface area contributed by atoms with Crippen LogP contribution in [0.2, 0.25) is 0 Å². The molecule has 2 unspecified atom stereocenters. The van der Waals surface area contributed by atoms with Gasteiger partial charge in [-0.05, 0) is 30.7 Å². The number of urea groups is 1. The maximum absolute atomic E-state index is 10.8. The summed E-state index contributed by atoms with van der Waals surface area (Å²) in [4.78, 5) is 10.8. The molecule has 2 amide bonds. The summed E-state index contributed by atoms with van der Waals surface area (Å²) >= 11 is 0. The van der Waals surface area contributed by atoms with Gasteiger partial charge in [-0.15, -0.1) is 0 Å². The van der Waals surface area contributed by atoms with Crippen molar-refractivity contribution in [1.29, 1.82) is 0 Å². The fourth-order valence-electron chi connectivity index (χ4n) is 2.55. The standard InChI is InChI=1S/C13H18N2O/c14-13(16)15-12-8-4-7-11(9-12)10-5-2-1-3-6-10/h1-3,5-6,11-12H,4,7-9H2,(H3,14,15,16). The molecule has 86 valence electrons. The summed E-state index contributed by atoms with van der Waals surface area (Å²) in [5, 5.41) is 2.82. The lowest BCUT2D eigenvalue weighted by Gasteiger charge is -2.29. The molecule has 0 saturated heterocycles. The van der Waals surface area contributed by atoms with Crippen LogP contribution in [0.15, 0.2) is 30.3 Å². The Labute approximate surface area is 96.0 Å². The van der Waals surface area contributed by atoms with Crippen molar-refractivity contribution in [3.05, 3.63) is 35.9 Å². The van der Waals surface area contributed by atoms with Crippen LogP contribution in [0, 0.1) is 0 Å². The first-order valence-corrected chi connectivity index (χ1v) is 5.86. The Kier molecular flexibility index (Phi) is 3.44. The fraction of sp³-hybridized carbons (Fsp3) is 0.462. The molecule has 0 radical (unpaired) electrons. The van der Waals surface area contributed by atoms with Crippen LogP contribution in [-0.2, 0) is 0 Å². The van der Waals surface area contributed by atoms with Crippen molar-refractivity contribution in [3.8, 4) is 0 Å². The molecule has 3 N–H and O–H groups in total. The third kappa shape index (κ3) is 2.75. The van der Waals surface area contributed by atoms with Gasteiger partial charge in [-0.1, -0.05) is 36.8 Å². The van der Waals surface area contributed by atoms with E-state index in [0.29, 0.717) is 5.92 Å². The van der Waals surface area contributed by atoms with Crippen molar-refractivity contribution in [2.75, 3.05) is 0 Å². The molecule has 3 heteroatoms. The molecule has 0 bridgehead atoms. The SMILES string of the molecule is NC(=O)NC1CCCC(c2ccccc2)C1. The molecule has 1 aliphatic carbocycles. The Morgan fingerprint density at radius 2 is 2.00 bits per heavy atom. The van der Waals surface area contributed by atoms with Crippen molar-refractivity contribution in [3.63, 3.8) is 0 Å². The molecule has 0 heterocycles. The van der Waals surface area contributed by atoms with Crippen molar-refractivity contribution in [2.24, 2.45) is 5.73 Å². The quantitative estimate of drug-likeness (QED) is 0.786. The van der Waals surface area contributed by atoms with Gasteiger partial charge in [0.25, 0.3) is 0 Å². The molecule has 0 aliphatic heterocycles. The van der Waals surface area contributed by atoms with Crippen LogP contribution in [0.5, 0.6) is 0 Å². The minimum atomic E-state index is -0.404.